The third kappa shape index (κ3) is 15.1. The van der Waals surface area contributed by atoms with Gasteiger partial charge >= 0.3 is 6.09 Å². The van der Waals surface area contributed by atoms with E-state index in [9.17, 15) is 79.7 Å². The van der Waals surface area contributed by atoms with Crippen molar-refractivity contribution in [2.24, 2.45) is 0 Å². The van der Waals surface area contributed by atoms with Gasteiger partial charge in [-0.05, 0) is 26.0 Å². The molecular formula is C59H73N7O27. The number of aromatic nitrogens is 3. The number of nitrogens with one attached hydrogen (secondary N) is 2. The van der Waals surface area contributed by atoms with Gasteiger partial charge in [0.05, 0.1) is 124 Å². The number of ketones is 3. The molecule has 0 radical (unpaired) electrons. The highest BCUT2D eigenvalue weighted by molar-refractivity contribution is 6.31. The third-order valence-electron chi connectivity index (χ3n) is 16.5. The number of Topliss-reactive ketones (excluding diaryl/α,β-unsaturated/α-hetero) is 1. The van der Waals surface area contributed by atoms with Crippen molar-refractivity contribution in [2.45, 2.75) is 125 Å². The van der Waals surface area contributed by atoms with Gasteiger partial charge in [0.2, 0.25) is 11.7 Å². The number of hydrogen-bond acceptors (Lipinski definition) is 29. The van der Waals surface area contributed by atoms with Crippen LogP contribution in [-0.4, -0.2) is 249 Å². The van der Waals surface area contributed by atoms with E-state index in [4.69, 9.17) is 52.1 Å². The minimum Gasteiger partial charge on any atom is -0.507 e. The molecule has 3 amide bonds. The van der Waals surface area contributed by atoms with E-state index in [-0.39, 0.29) is 117 Å². The highest BCUT2D eigenvalue weighted by Crippen LogP contribution is 2.53. The Morgan fingerprint density at radius 1 is 0.892 bits per heavy atom. The maximum Gasteiger partial charge on any atom is 0.412 e. The van der Waals surface area contributed by atoms with Crippen LogP contribution in [0.15, 0.2) is 36.5 Å². The van der Waals surface area contributed by atoms with Crippen LogP contribution < -0.4 is 24.8 Å². The van der Waals surface area contributed by atoms with E-state index in [0.717, 1.165) is 6.07 Å². The fourth-order valence-corrected chi connectivity index (χ4v) is 11.8. The molecule has 0 bridgehead atoms. The molecule has 4 aromatic rings. The zero-order valence-corrected chi connectivity index (χ0v) is 50.9. The average Bonchev–Trinajstić information content (AvgIpc) is 0.874. The normalized spacial score (nSPS) is 25.0. The van der Waals surface area contributed by atoms with Gasteiger partial charge in [0.15, 0.2) is 42.3 Å². The number of phenolic OH excluding ortho intramolecular Hbond substituents is 2. The minimum absolute atomic E-state index is 0.0173. The summed E-state index contributed by atoms with van der Waals surface area (Å²) in [7, 11) is 2.54. The Morgan fingerprint density at radius 2 is 1.60 bits per heavy atom. The number of aromatic hydroxyl groups is 2. The van der Waals surface area contributed by atoms with Crippen molar-refractivity contribution in [1.82, 2.24) is 30.5 Å². The van der Waals surface area contributed by atoms with Crippen molar-refractivity contribution >= 4 is 40.9 Å². The number of hydrogen-bond donors (Lipinski definition) is 10. The summed E-state index contributed by atoms with van der Waals surface area (Å²) >= 11 is 0. The second kappa shape index (κ2) is 30.3. The molecule has 0 spiro atoms. The largest absolute Gasteiger partial charge is 0.507 e. The SMILES string of the molecule is COc1cc(C(C)OC(=O)N2COC3C(C)OC(OC4CC(O)(C(=O)CO)Cc5c(O)c6c(c(O)c54)C(=O)c4c(OC)cccc4C6=O)CC32)c([N+](=O)[O-])cc1OCC(=O)NCCOCCOCCOCCn1cc(CCC(=O)NC2C(O)OC(CO)C(O)C2O)nn1. The van der Waals surface area contributed by atoms with Crippen LogP contribution in [0.3, 0.4) is 0 Å². The summed E-state index contributed by atoms with van der Waals surface area (Å²) in [4.78, 5) is 93.5. The van der Waals surface area contributed by atoms with E-state index < -0.39 is 174 Å². The summed E-state index contributed by atoms with van der Waals surface area (Å²) < 4.78 is 64.0. The fraction of sp³-hybridized carbons (Fsp3) is 0.559. The van der Waals surface area contributed by atoms with Gasteiger partial charge < -0.3 is 104 Å². The lowest BCUT2D eigenvalue weighted by Crippen LogP contribution is -2.64. The summed E-state index contributed by atoms with van der Waals surface area (Å²) in [6, 6.07) is 4.32. The summed E-state index contributed by atoms with van der Waals surface area (Å²) in [5, 5.41) is 111. The molecule has 34 nitrogen and oxygen atoms in total. The Labute approximate surface area is 529 Å². The smallest absolute Gasteiger partial charge is 0.412 e. The number of nitro benzene ring substituents is 1. The molecule has 34 heteroatoms. The van der Waals surface area contributed by atoms with E-state index in [0.29, 0.717) is 12.2 Å². The number of carbonyl (C=O) groups excluding carboxylic acids is 6. The van der Waals surface area contributed by atoms with Crippen LogP contribution >= 0.6 is 0 Å². The molecule has 3 fully saturated rings. The Bertz CT molecular complexity index is 3420. The molecule has 3 saturated heterocycles. The topological polar surface area (TPSA) is 467 Å². The molecular weight excluding hydrogens is 1240 g/mol. The quantitative estimate of drug-likeness (QED) is 0.0117. The van der Waals surface area contributed by atoms with Crippen LogP contribution in [0.4, 0.5) is 10.5 Å². The molecule has 10 N–H and O–H groups in total. The van der Waals surface area contributed by atoms with Gasteiger partial charge in [-0.3, -0.25) is 39.0 Å². The number of aliphatic hydroxyl groups is 6. The van der Waals surface area contributed by atoms with Gasteiger partial charge in [0.1, 0.15) is 72.7 Å². The number of aryl methyl sites for hydroxylation is 1. The first-order valence-corrected chi connectivity index (χ1v) is 29.6. The van der Waals surface area contributed by atoms with Crippen molar-refractivity contribution < 1.29 is 127 Å². The second-order valence-electron chi connectivity index (χ2n) is 22.4. The number of amides is 3. The van der Waals surface area contributed by atoms with Crippen molar-refractivity contribution in [3.05, 3.63) is 91.3 Å². The van der Waals surface area contributed by atoms with Gasteiger partial charge in [0, 0.05) is 61.5 Å². The van der Waals surface area contributed by atoms with Gasteiger partial charge in [-0.15, -0.1) is 5.10 Å². The van der Waals surface area contributed by atoms with Gasteiger partial charge in [0.25, 0.3) is 11.6 Å². The number of rotatable bonds is 29. The standard InChI is InChI=1S/C59H73N7O27/c1-28(91-58(79)65-27-89-56-29(2)90-44(20-35(56)65)92-39-22-59(80,41(69)25-68)21-33-46(39)54(76)48-47(51(33)73)50(72)31-6-5-7-36(83-3)45(31)53(48)75)32-18-37(84-4)38(19-34(32)66(81)82)88-26-43(71)60-10-12-85-14-16-87-17-15-86-13-11-64-23-30(62-63-64)8-9-42(70)61-49-55(77)52(74)40(24-67)93-57(49)78/h5-7,18-19,23,28-29,35,39-40,44,49,52,55-57,67-68,73-74,76-78,80H,8-17,20-22,24-27H2,1-4H3,(H,60,71)(H,61,70). The van der Waals surface area contributed by atoms with Crippen LogP contribution in [0.25, 0.3) is 0 Å². The van der Waals surface area contributed by atoms with Crippen LogP contribution in [-0.2, 0) is 71.7 Å². The van der Waals surface area contributed by atoms with Gasteiger partial charge in [-0.1, -0.05) is 17.3 Å². The minimum atomic E-state index is -2.43. The van der Waals surface area contributed by atoms with Crippen LogP contribution in [0.5, 0.6) is 28.7 Å². The molecule has 0 saturated carbocycles. The van der Waals surface area contributed by atoms with Crippen molar-refractivity contribution in [2.75, 3.05) is 87.0 Å². The number of benzene rings is 3. The molecule has 3 aromatic carbocycles. The van der Waals surface area contributed by atoms with E-state index in [1.807, 2.05) is 0 Å². The molecule has 9 rings (SSSR count). The predicted molar refractivity (Wildman–Crippen MR) is 309 cm³/mol. The molecule has 5 aliphatic rings. The van der Waals surface area contributed by atoms with Crippen molar-refractivity contribution in [3.63, 3.8) is 0 Å². The Balaban J connectivity index is 0.708. The first-order valence-electron chi connectivity index (χ1n) is 29.6. The Hall–Kier alpha value is -8.10. The monoisotopic (exact) mass is 1310 g/mol. The molecule has 4 heterocycles. The summed E-state index contributed by atoms with van der Waals surface area (Å²) in [6.45, 7) is 2.06. The van der Waals surface area contributed by atoms with Gasteiger partial charge in [-0.25, -0.2) is 9.48 Å². The molecule has 12 unspecified atom stereocenters. The predicted octanol–water partition coefficient (Wildman–Crippen LogP) is -1.16. The molecule has 2 aliphatic carbocycles. The molecule has 506 valence electrons. The summed E-state index contributed by atoms with van der Waals surface area (Å²) in [6.07, 6.45) is -12.4. The number of nitrogens with zero attached hydrogens (tertiary/aromatic N) is 5. The Kier molecular flexibility index (Phi) is 22.6. The average molecular weight is 1310 g/mol. The maximum absolute atomic E-state index is 14.2. The van der Waals surface area contributed by atoms with E-state index >= 15 is 0 Å². The highest BCUT2D eigenvalue weighted by atomic mass is 16.7. The lowest BCUT2D eigenvalue weighted by molar-refractivity contribution is -0.386. The lowest BCUT2D eigenvalue weighted by atomic mass is 9.72. The number of phenols is 2. The van der Waals surface area contributed by atoms with Crippen LogP contribution in [0.1, 0.15) is 99.5 Å². The van der Waals surface area contributed by atoms with Crippen LogP contribution in [0, 0.1) is 10.1 Å². The molecule has 1 aromatic heterocycles. The lowest BCUT2D eigenvalue weighted by Gasteiger charge is -2.42. The Morgan fingerprint density at radius 3 is 2.30 bits per heavy atom. The van der Waals surface area contributed by atoms with Crippen molar-refractivity contribution in [3.8, 4) is 28.7 Å². The summed E-state index contributed by atoms with van der Waals surface area (Å²) in [5.74, 6) is -5.72. The van der Waals surface area contributed by atoms with Crippen LogP contribution in [0.2, 0.25) is 0 Å². The fourth-order valence-electron chi connectivity index (χ4n) is 11.8. The number of fused-ring (bicyclic) bond motifs is 4. The molecule has 3 aliphatic heterocycles. The second-order valence-corrected chi connectivity index (χ2v) is 22.4. The van der Waals surface area contributed by atoms with E-state index in [1.54, 1.807) is 13.1 Å². The number of aliphatic hydroxyl groups excluding tert-OH is 5. The van der Waals surface area contributed by atoms with Crippen molar-refractivity contribution in [1.29, 1.82) is 0 Å². The number of ether oxygens (including phenoxy) is 11. The van der Waals surface area contributed by atoms with E-state index in [1.165, 1.54) is 55.0 Å². The summed E-state index contributed by atoms with van der Waals surface area (Å²) in [5.41, 5.74) is -4.59. The molecule has 12 atom stereocenters. The zero-order valence-electron chi connectivity index (χ0n) is 50.9. The zero-order chi connectivity index (χ0) is 67.0. The first-order chi connectivity index (χ1) is 44.5. The number of methoxy groups -OCH3 is 2. The maximum atomic E-state index is 14.2. The number of carbonyl (C=O) groups is 6. The number of nitro groups is 1. The third-order valence-corrected chi connectivity index (χ3v) is 16.5. The van der Waals surface area contributed by atoms with Gasteiger partial charge in [-0.2, -0.15) is 0 Å². The highest BCUT2D eigenvalue weighted by Gasteiger charge is 2.53. The molecule has 93 heavy (non-hydrogen) atoms. The first kappa shape index (κ1) is 69.2. The van der Waals surface area contributed by atoms with E-state index in [2.05, 4.69) is 20.9 Å².